The Balaban J connectivity index is 1.16. The van der Waals surface area contributed by atoms with Crippen LogP contribution in [-0.2, 0) is 11.0 Å². The van der Waals surface area contributed by atoms with Crippen molar-refractivity contribution in [2.75, 3.05) is 49.1 Å². The van der Waals surface area contributed by atoms with Crippen molar-refractivity contribution in [3.63, 3.8) is 0 Å². The lowest BCUT2D eigenvalue weighted by Crippen LogP contribution is -2.52. The topological polar surface area (TPSA) is 96.2 Å². The Morgan fingerprint density at radius 2 is 1.66 bits per heavy atom. The van der Waals surface area contributed by atoms with Crippen molar-refractivity contribution in [3.8, 4) is 5.82 Å². The van der Waals surface area contributed by atoms with Crippen LogP contribution in [0.5, 0.6) is 0 Å². The molecular weight excluding hydrogens is 463 g/mol. The number of hydrogen-bond acceptors (Lipinski definition) is 8. The minimum atomic E-state index is -4.41. The lowest BCUT2D eigenvalue weighted by Gasteiger charge is -2.39. The number of piperidine rings is 1. The number of rotatable bonds is 4. The van der Waals surface area contributed by atoms with Gasteiger partial charge < -0.3 is 14.7 Å². The second kappa shape index (κ2) is 9.47. The number of hydrogen-bond donors (Lipinski definition) is 0. The number of halogens is 3. The molecule has 0 aliphatic carbocycles. The third kappa shape index (κ3) is 5.03. The van der Waals surface area contributed by atoms with Gasteiger partial charge in [0.15, 0.2) is 11.6 Å². The zero-order chi connectivity index (χ0) is 24.4. The third-order valence-corrected chi connectivity index (χ3v) is 6.38. The minimum Gasteiger partial charge on any atom is -0.354 e. The number of piperazine rings is 1. The van der Waals surface area contributed by atoms with Crippen LogP contribution in [0.1, 0.15) is 18.4 Å². The van der Waals surface area contributed by atoms with Crippen molar-refractivity contribution in [2.45, 2.75) is 19.0 Å². The Labute approximate surface area is 199 Å². The second-order valence-electron chi connectivity index (χ2n) is 8.59. The molecule has 3 aromatic rings. The van der Waals surface area contributed by atoms with Crippen molar-refractivity contribution < 1.29 is 18.0 Å². The highest BCUT2D eigenvalue weighted by Crippen LogP contribution is 2.30. The highest BCUT2D eigenvalue weighted by molar-refractivity contribution is 5.80. The van der Waals surface area contributed by atoms with Gasteiger partial charge in [-0.2, -0.15) is 18.3 Å². The molecule has 1 atom stereocenters. The Bertz CT molecular complexity index is 1130. The van der Waals surface area contributed by atoms with Crippen LogP contribution in [0.25, 0.3) is 5.82 Å². The van der Waals surface area contributed by atoms with E-state index in [1.807, 2.05) is 21.9 Å². The van der Waals surface area contributed by atoms with E-state index in [0.29, 0.717) is 50.2 Å². The van der Waals surface area contributed by atoms with Gasteiger partial charge in [0.2, 0.25) is 5.91 Å². The Morgan fingerprint density at radius 3 is 2.29 bits per heavy atom. The van der Waals surface area contributed by atoms with Gasteiger partial charge in [0.1, 0.15) is 18.5 Å². The Morgan fingerprint density at radius 1 is 0.914 bits per heavy atom. The molecule has 13 heteroatoms. The summed E-state index contributed by atoms with van der Waals surface area (Å²) in [5, 5.41) is 12.6. The van der Waals surface area contributed by atoms with Crippen molar-refractivity contribution >= 4 is 17.5 Å². The molecule has 0 aromatic carbocycles. The number of carbonyl (C=O) groups excluding carboxylic acids is 1. The van der Waals surface area contributed by atoms with E-state index in [1.165, 1.54) is 17.1 Å². The second-order valence-corrected chi connectivity index (χ2v) is 8.59. The number of alkyl halides is 3. The van der Waals surface area contributed by atoms with Gasteiger partial charge in [-0.05, 0) is 37.1 Å². The first-order valence-electron chi connectivity index (χ1n) is 11.4. The Kier molecular flexibility index (Phi) is 6.22. The summed E-state index contributed by atoms with van der Waals surface area (Å²) in [5.74, 6) is 1.72. The number of carbonyl (C=O) groups is 1. The summed E-state index contributed by atoms with van der Waals surface area (Å²) < 4.78 is 39.9. The lowest BCUT2D eigenvalue weighted by molar-refractivity contribution is -0.138. The standard InChI is InChI=1S/C22H24F3N9O/c23-22(24,25)17-3-4-18(27-12-17)31-8-10-32(11-9-31)21(35)16-2-1-7-33(13-16)19-5-6-20(30-29-19)34-15-26-14-28-34/h3-6,12,14-16H,1-2,7-11,13H2. The first-order valence-corrected chi connectivity index (χ1v) is 11.4. The highest BCUT2D eigenvalue weighted by atomic mass is 19.4. The Hall–Kier alpha value is -3.77. The van der Waals surface area contributed by atoms with E-state index in [-0.39, 0.29) is 11.8 Å². The van der Waals surface area contributed by atoms with Gasteiger partial charge in [-0.3, -0.25) is 4.79 Å². The van der Waals surface area contributed by atoms with Crippen LogP contribution in [0.15, 0.2) is 43.1 Å². The SMILES string of the molecule is O=C(C1CCCN(c2ccc(-n3cncn3)nn2)C1)N1CCN(c2ccc(C(F)(F)F)cn2)CC1. The summed E-state index contributed by atoms with van der Waals surface area (Å²) in [6, 6.07) is 6.11. The number of nitrogens with zero attached hydrogens (tertiary/aromatic N) is 9. The van der Waals surface area contributed by atoms with Gasteiger partial charge in [-0.15, -0.1) is 10.2 Å². The molecule has 0 saturated carbocycles. The molecule has 2 aliphatic rings. The fourth-order valence-electron chi connectivity index (χ4n) is 4.48. The maximum atomic E-state index is 13.2. The molecule has 1 unspecified atom stereocenters. The predicted octanol–water partition coefficient (Wildman–Crippen LogP) is 2.04. The highest BCUT2D eigenvalue weighted by Gasteiger charge is 2.33. The van der Waals surface area contributed by atoms with Crippen molar-refractivity contribution in [1.82, 2.24) is 34.8 Å². The zero-order valence-corrected chi connectivity index (χ0v) is 18.8. The molecule has 0 bridgehead atoms. The van der Waals surface area contributed by atoms with Gasteiger partial charge in [-0.25, -0.2) is 14.6 Å². The first-order chi connectivity index (χ1) is 16.9. The molecule has 3 aromatic heterocycles. The van der Waals surface area contributed by atoms with Crippen LogP contribution in [0.3, 0.4) is 0 Å². The first kappa shape index (κ1) is 23.0. The van der Waals surface area contributed by atoms with Crippen LogP contribution < -0.4 is 9.80 Å². The molecule has 5 rings (SSSR count). The number of amides is 1. The van der Waals surface area contributed by atoms with Gasteiger partial charge in [0.25, 0.3) is 0 Å². The summed E-state index contributed by atoms with van der Waals surface area (Å²) >= 11 is 0. The fourth-order valence-corrected chi connectivity index (χ4v) is 4.48. The van der Waals surface area contributed by atoms with Gasteiger partial charge in [0.05, 0.1) is 11.5 Å². The smallest absolute Gasteiger partial charge is 0.354 e. The average molecular weight is 487 g/mol. The molecule has 0 radical (unpaired) electrons. The summed E-state index contributed by atoms with van der Waals surface area (Å²) in [4.78, 5) is 26.9. The molecule has 2 fully saturated rings. The molecular formula is C22H24F3N9O. The van der Waals surface area contributed by atoms with Gasteiger partial charge in [0, 0.05) is 45.5 Å². The maximum absolute atomic E-state index is 13.2. The van der Waals surface area contributed by atoms with E-state index >= 15 is 0 Å². The van der Waals surface area contributed by atoms with Crippen molar-refractivity contribution in [3.05, 3.63) is 48.7 Å². The maximum Gasteiger partial charge on any atom is 0.417 e. The number of pyridine rings is 1. The van der Waals surface area contributed by atoms with Crippen LogP contribution in [-0.4, -0.2) is 80.0 Å². The largest absolute Gasteiger partial charge is 0.417 e. The van der Waals surface area contributed by atoms with E-state index in [4.69, 9.17) is 0 Å². The minimum absolute atomic E-state index is 0.0990. The summed E-state index contributed by atoms with van der Waals surface area (Å²) in [5.41, 5.74) is -0.769. The molecule has 0 spiro atoms. The molecule has 10 nitrogen and oxygen atoms in total. The van der Waals surface area contributed by atoms with Crippen LogP contribution in [0, 0.1) is 5.92 Å². The number of aromatic nitrogens is 6. The quantitative estimate of drug-likeness (QED) is 0.552. The van der Waals surface area contributed by atoms with Gasteiger partial charge in [-0.1, -0.05) is 0 Å². The molecule has 35 heavy (non-hydrogen) atoms. The van der Waals surface area contributed by atoms with E-state index in [1.54, 1.807) is 6.33 Å². The molecule has 1 amide bonds. The normalized spacial score (nSPS) is 19.2. The van der Waals surface area contributed by atoms with Gasteiger partial charge >= 0.3 is 6.18 Å². The molecule has 2 saturated heterocycles. The third-order valence-electron chi connectivity index (χ3n) is 6.38. The van der Waals surface area contributed by atoms with Crippen LogP contribution >= 0.6 is 0 Å². The average Bonchev–Trinajstić information content (AvgIpc) is 3.43. The predicted molar refractivity (Wildman–Crippen MR) is 120 cm³/mol. The van der Waals surface area contributed by atoms with E-state index in [0.717, 1.165) is 31.6 Å². The summed E-state index contributed by atoms with van der Waals surface area (Å²) in [6.45, 7) is 3.42. The van der Waals surface area contributed by atoms with E-state index in [2.05, 4.69) is 30.2 Å². The molecule has 5 heterocycles. The fraction of sp³-hybridized carbons (Fsp3) is 0.455. The monoisotopic (exact) mass is 487 g/mol. The van der Waals surface area contributed by atoms with Crippen LogP contribution in [0.4, 0.5) is 24.8 Å². The molecule has 0 N–H and O–H groups in total. The van der Waals surface area contributed by atoms with E-state index in [9.17, 15) is 18.0 Å². The van der Waals surface area contributed by atoms with Crippen molar-refractivity contribution in [1.29, 1.82) is 0 Å². The zero-order valence-electron chi connectivity index (χ0n) is 18.8. The lowest BCUT2D eigenvalue weighted by atomic mass is 9.96. The van der Waals surface area contributed by atoms with Crippen LogP contribution in [0.2, 0.25) is 0 Å². The summed E-state index contributed by atoms with van der Waals surface area (Å²) in [6.07, 6.45) is 1.10. The molecule has 2 aliphatic heterocycles. The summed E-state index contributed by atoms with van der Waals surface area (Å²) in [7, 11) is 0. The molecule has 184 valence electrons. The van der Waals surface area contributed by atoms with Crippen molar-refractivity contribution in [2.24, 2.45) is 5.92 Å². The number of anilines is 2. The van der Waals surface area contributed by atoms with E-state index < -0.39 is 11.7 Å².